The van der Waals surface area contributed by atoms with Crippen LogP contribution in [0.5, 0.6) is 0 Å². The highest BCUT2D eigenvalue weighted by Crippen LogP contribution is 2.19. The van der Waals surface area contributed by atoms with Crippen molar-refractivity contribution in [3.63, 3.8) is 0 Å². The molecule has 1 heterocycles. The minimum atomic E-state index is -0.367. The summed E-state index contributed by atoms with van der Waals surface area (Å²) in [5.74, 6) is -0.367. The van der Waals surface area contributed by atoms with Crippen LogP contribution in [0.25, 0.3) is 0 Å². The van der Waals surface area contributed by atoms with Crippen LogP contribution >= 0.6 is 12.2 Å². The third-order valence-corrected chi connectivity index (χ3v) is 3.39. The first-order chi connectivity index (χ1) is 10.6. The standard InChI is InChI=1S/C16H17N3O2S/c1-11-13(15(20)21-2)7-5-8-14(11)19-16(22)18-10-12-6-3-4-9-17-12/h3-9H,10H2,1-2H3,(H2,18,19,22). The summed E-state index contributed by atoms with van der Waals surface area (Å²) in [5.41, 5.74) is 2.96. The molecule has 22 heavy (non-hydrogen) atoms. The maximum absolute atomic E-state index is 11.7. The number of ether oxygens (including phenoxy) is 1. The average Bonchev–Trinajstić information content (AvgIpc) is 2.55. The summed E-state index contributed by atoms with van der Waals surface area (Å²) < 4.78 is 4.76. The van der Waals surface area contributed by atoms with Gasteiger partial charge in [0.15, 0.2) is 5.11 Å². The molecule has 0 unspecified atom stereocenters. The van der Waals surface area contributed by atoms with Crippen molar-refractivity contribution in [1.82, 2.24) is 10.3 Å². The van der Waals surface area contributed by atoms with Gasteiger partial charge < -0.3 is 15.4 Å². The van der Waals surface area contributed by atoms with Crippen LogP contribution in [0.2, 0.25) is 0 Å². The van der Waals surface area contributed by atoms with E-state index in [1.807, 2.05) is 31.2 Å². The zero-order valence-electron chi connectivity index (χ0n) is 12.4. The smallest absolute Gasteiger partial charge is 0.338 e. The lowest BCUT2D eigenvalue weighted by atomic mass is 10.1. The monoisotopic (exact) mass is 315 g/mol. The predicted molar refractivity (Wildman–Crippen MR) is 89.8 cm³/mol. The number of esters is 1. The van der Waals surface area contributed by atoms with E-state index < -0.39 is 0 Å². The molecule has 2 rings (SSSR count). The molecule has 0 fully saturated rings. The summed E-state index contributed by atoms with van der Waals surface area (Å²) in [4.78, 5) is 15.9. The molecular formula is C16H17N3O2S. The second kappa shape index (κ2) is 7.51. The van der Waals surface area contributed by atoms with Crippen LogP contribution in [0, 0.1) is 6.92 Å². The number of nitrogens with one attached hydrogen (secondary N) is 2. The van der Waals surface area contributed by atoms with E-state index in [2.05, 4.69) is 15.6 Å². The topological polar surface area (TPSA) is 63.2 Å². The van der Waals surface area contributed by atoms with Crippen molar-refractivity contribution in [3.05, 3.63) is 59.4 Å². The lowest BCUT2D eigenvalue weighted by Gasteiger charge is -2.14. The van der Waals surface area contributed by atoms with Crippen LogP contribution in [0.3, 0.4) is 0 Å². The maximum atomic E-state index is 11.7. The number of thiocarbonyl (C=S) groups is 1. The molecule has 0 radical (unpaired) electrons. The van der Waals surface area contributed by atoms with Crippen LogP contribution in [0.15, 0.2) is 42.6 Å². The molecule has 0 amide bonds. The number of aromatic nitrogens is 1. The van der Waals surface area contributed by atoms with Gasteiger partial charge in [-0.15, -0.1) is 0 Å². The molecule has 0 aliphatic heterocycles. The number of pyridine rings is 1. The number of hydrogen-bond donors (Lipinski definition) is 2. The Balaban J connectivity index is 2.01. The van der Waals surface area contributed by atoms with E-state index in [1.165, 1.54) is 7.11 Å². The van der Waals surface area contributed by atoms with Gasteiger partial charge in [0.25, 0.3) is 0 Å². The molecule has 1 aromatic carbocycles. The van der Waals surface area contributed by atoms with Crippen molar-refractivity contribution in [1.29, 1.82) is 0 Å². The van der Waals surface area contributed by atoms with Gasteiger partial charge in [0.05, 0.1) is 24.9 Å². The fraction of sp³-hybridized carbons (Fsp3) is 0.188. The summed E-state index contributed by atoms with van der Waals surface area (Å²) in [5, 5.41) is 6.63. The van der Waals surface area contributed by atoms with E-state index in [9.17, 15) is 4.79 Å². The summed E-state index contributed by atoms with van der Waals surface area (Å²) in [6.45, 7) is 2.37. The fourth-order valence-corrected chi connectivity index (χ4v) is 2.12. The summed E-state index contributed by atoms with van der Waals surface area (Å²) in [7, 11) is 1.36. The van der Waals surface area contributed by atoms with Crippen LogP contribution < -0.4 is 10.6 Å². The van der Waals surface area contributed by atoms with Crippen molar-refractivity contribution in [3.8, 4) is 0 Å². The number of methoxy groups -OCH3 is 1. The second-order valence-corrected chi connectivity index (χ2v) is 5.01. The molecule has 0 aliphatic rings. The zero-order valence-corrected chi connectivity index (χ0v) is 13.2. The third kappa shape index (κ3) is 4.02. The Bertz CT molecular complexity index is 674. The van der Waals surface area contributed by atoms with E-state index in [1.54, 1.807) is 18.3 Å². The van der Waals surface area contributed by atoms with Crippen molar-refractivity contribution < 1.29 is 9.53 Å². The lowest BCUT2D eigenvalue weighted by molar-refractivity contribution is 0.0600. The summed E-state index contributed by atoms with van der Waals surface area (Å²) in [6, 6.07) is 11.1. The van der Waals surface area contributed by atoms with Crippen LogP contribution in [0.4, 0.5) is 5.69 Å². The Kier molecular flexibility index (Phi) is 5.43. The molecule has 2 aromatic rings. The summed E-state index contributed by atoms with van der Waals surface area (Å²) in [6.07, 6.45) is 1.73. The van der Waals surface area contributed by atoms with E-state index in [0.717, 1.165) is 16.9 Å². The molecule has 2 N–H and O–H groups in total. The van der Waals surface area contributed by atoms with Gasteiger partial charge >= 0.3 is 5.97 Å². The van der Waals surface area contributed by atoms with Crippen molar-refractivity contribution in [2.75, 3.05) is 12.4 Å². The molecule has 0 saturated heterocycles. The van der Waals surface area contributed by atoms with Gasteiger partial charge in [-0.3, -0.25) is 4.98 Å². The van der Waals surface area contributed by atoms with Crippen molar-refractivity contribution >= 4 is 29.0 Å². The Hall–Kier alpha value is -2.47. The first kappa shape index (κ1) is 15.9. The number of anilines is 1. The molecular weight excluding hydrogens is 298 g/mol. The highest BCUT2D eigenvalue weighted by molar-refractivity contribution is 7.80. The molecule has 5 nitrogen and oxygen atoms in total. The number of benzene rings is 1. The number of rotatable bonds is 4. The SMILES string of the molecule is COC(=O)c1cccc(NC(=S)NCc2ccccn2)c1C. The van der Waals surface area contributed by atoms with Gasteiger partial charge in [0.1, 0.15) is 0 Å². The fourth-order valence-electron chi connectivity index (χ4n) is 1.94. The number of nitrogens with zero attached hydrogens (tertiary/aromatic N) is 1. The molecule has 0 atom stereocenters. The Morgan fingerprint density at radius 1 is 1.27 bits per heavy atom. The molecule has 0 saturated carbocycles. The molecule has 1 aromatic heterocycles. The van der Waals surface area contributed by atoms with Gasteiger partial charge in [-0.2, -0.15) is 0 Å². The number of carbonyl (C=O) groups is 1. The quantitative estimate of drug-likeness (QED) is 0.668. The normalized spacial score (nSPS) is 9.91. The van der Waals surface area contributed by atoms with Gasteiger partial charge in [-0.05, 0) is 49.0 Å². The highest BCUT2D eigenvalue weighted by atomic mass is 32.1. The maximum Gasteiger partial charge on any atom is 0.338 e. The van der Waals surface area contributed by atoms with Gasteiger partial charge in [0, 0.05) is 11.9 Å². The van der Waals surface area contributed by atoms with E-state index in [-0.39, 0.29) is 5.97 Å². The summed E-state index contributed by atoms with van der Waals surface area (Å²) >= 11 is 5.27. The first-order valence-corrected chi connectivity index (χ1v) is 7.15. The number of carbonyl (C=O) groups excluding carboxylic acids is 1. The van der Waals surface area contributed by atoms with Crippen LogP contribution in [0.1, 0.15) is 21.6 Å². The average molecular weight is 315 g/mol. The minimum Gasteiger partial charge on any atom is -0.465 e. The van der Waals surface area contributed by atoms with E-state index >= 15 is 0 Å². The van der Waals surface area contributed by atoms with Gasteiger partial charge in [-0.25, -0.2) is 4.79 Å². The second-order valence-electron chi connectivity index (χ2n) is 4.60. The molecule has 114 valence electrons. The Morgan fingerprint density at radius 3 is 2.77 bits per heavy atom. The molecule has 0 bridgehead atoms. The Morgan fingerprint density at radius 2 is 2.09 bits per heavy atom. The van der Waals surface area contributed by atoms with Crippen molar-refractivity contribution in [2.24, 2.45) is 0 Å². The van der Waals surface area contributed by atoms with Crippen molar-refractivity contribution in [2.45, 2.75) is 13.5 Å². The molecule has 0 spiro atoms. The largest absolute Gasteiger partial charge is 0.465 e. The molecule has 6 heteroatoms. The predicted octanol–water partition coefficient (Wildman–Crippen LogP) is 2.66. The minimum absolute atomic E-state index is 0.367. The molecule has 0 aliphatic carbocycles. The lowest BCUT2D eigenvalue weighted by Crippen LogP contribution is -2.28. The van der Waals surface area contributed by atoms with E-state index in [4.69, 9.17) is 17.0 Å². The zero-order chi connectivity index (χ0) is 15.9. The third-order valence-electron chi connectivity index (χ3n) is 3.14. The van der Waals surface area contributed by atoms with E-state index in [0.29, 0.717) is 17.2 Å². The number of hydrogen-bond acceptors (Lipinski definition) is 4. The van der Waals surface area contributed by atoms with Crippen LogP contribution in [-0.2, 0) is 11.3 Å². The van der Waals surface area contributed by atoms with Gasteiger partial charge in [-0.1, -0.05) is 12.1 Å². The first-order valence-electron chi connectivity index (χ1n) is 6.74. The Labute approximate surface area is 134 Å². The van der Waals surface area contributed by atoms with Gasteiger partial charge in [0.2, 0.25) is 0 Å². The highest BCUT2D eigenvalue weighted by Gasteiger charge is 2.12. The van der Waals surface area contributed by atoms with Crippen LogP contribution in [-0.4, -0.2) is 23.2 Å².